The van der Waals surface area contributed by atoms with Gasteiger partial charge in [-0.25, -0.2) is 14.4 Å². The molecule has 0 bridgehead atoms. The summed E-state index contributed by atoms with van der Waals surface area (Å²) in [4.78, 5) is 8.25. The summed E-state index contributed by atoms with van der Waals surface area (Å²) in [5.74, 6) is 0.428. The molecule has 1 aromatic carbocycles. The van der Waals surface area contributed by atoms with Crippen molar-refractivity contribution in [3.8, 4) is 5.75 Å². The zero-order valence-electron chi connectivity index (χ0n) is 10.9. The van der Waals surface area contributed by atoms with Crippen LogP contribution in [-0.4, -0.2) is 22.6 Å². The number of para-hydroxylation sites is 1. The molecule has 0 saturated carbocycles. The van der Waals surface area contributed by atoms with Gasteiger partial charge in [0.2, 0.25) is 5.95 Å². The first-order valence-corrected chi connectivity index (χ1v) is 6.09. The Kier molecular flexibility index (Phi) is 4.28. The summed E-state index contributed by atoms with van der Waals surface area (Å²) in [5.41, 5.74) is 1.00. The molecule has 1 atom stereocenters. The molecule has 0 amide bonds. The number of hydrogen-bond acceptors (Lipinski definition) is 4. The second-order valence-corrected chi connectivity index (χ2v) is 4.32. The number of halogens is 1. The van der Waals surface area contributed by atoms with Gasteiger partial charge < -0.3 is 10.1 Å². The number of benzene rings is 1. The average Bonchev–Trinajstić information content (AvgIpc) is 2.41. The molecule has 0 fully saturated rings. The van der Waals surface area contributed by atoms with Crippen LogP contribution in [0.1, 0.15) is 12.5 Å². The molecule has 0 aliphatic rings. The highest BCUT2D eigenvalue weighted by Gasteiger charge is 2.08. The number of nitrogens with one attached hydrogen (secondary N) is 1. The minimum absolute atomic E-state index is 0.193. The van der Waals surface area contributed by atoms with Gasteiger partial charge in [-0.1, -0.05) is 12.1 Å². The van der Waals surface area contributed by atoms with Crippen molar-refractivity contribution in [2.45, 2.75) is 20.0 Å². The van der Waals surface area contributed by atoms with Gasteiger partial charge in [-0.15, -0.1) is 0 Å². The molecule has 2 aromatic rings. The third-order valence-corrected chi connectivity index (χ3v) is 2.49. The van der Waals surface area contributed by atoms with E-state index in [0.717, 1.165) is 5.56 Å². The van der Waals surface area contributed by atoms with Crippen LogP contribution in [0, 0.1) is 12.7 Å². The number of hydrogen-bond donors (Lipinski definition) is 1. The fraction of sp³-hybridized carbons (Fsp3) is 0.286. The highest BCUT2D eigenvalue weighted by atomic mass is 19.1. The van der Waals surface area contributed by atoms with Crippen LogP contribution in [0.4, 0.5) is 10.3 Å². The Hall–Kier alpha value is -2.17. The largest absolute Gasteiger partial charge is 0.486 e. The molecular weight excluding hydrogens is 245 g/mol. The number of aromatic nitrogens is 2. The quantitative estimate of drug-likeness (QED) is 0.899. The summed E-state index contributed by atoms with van der Waals surface area (Å²) >= 11 is 0. The van der Waals surface area contributed by atoms with Gasteiger partial charge in [0.25, 0.3) is 0 Å². The van der Waals surface area contributed by atoms with E-state index in [1.165, 1.54) is 6.07 Å². The van der Waals surface area contributed by atoms with Crippen LogP contribution in [0.15, 0.2) is 36.7 Å². The van der Waals surface area contributed by atoms with Crippen molar-refractivity contribution in [3.05, 3.63) is 48.0 Å². The highest BCUT2D eigenvalue weighted by Crippen LogP contribution is 2.16. The monoisotopic (exact) mass is 261 g/mol. The summed E-state index contributed by atoms with van der Waals surface area (Å²) in [6.07, 6.45) is 3.27. The van der Waals surface area contributed by atoms with Crippen molar-refractivity contribution in [1.29, 1.82) is 0 Å². The summed E-state index contributed by atoms with van der Waals surface area (Å²) in [6, 6.07) is 6.35. The van der Waals surface area contributed by atoms with Crippen LogP contribution in [0.25, 0.3) is 0 Å². The van der Waals surface area contributed by atoms with E-state index >= 15 is 0 Å². The van der Waals surface area contributed by atoms with Gasteiger partial charge >= 0.3 is 0 Å². The van der Waals surface area contributed by atoms with E-state index in [9.17, 15) is 4.39 Å². The molecule has 5 heteroatoms. The lowest BCUT2D eigenvalue weighted by molar-refractivity contribution is 0.224. The van der Waals surface area contributed by atoms with E-state index in [1.807, 2.05) is 13.8 Å². The van der Waals surface area contributed by atoms with Crippen molar-refractivity contribution in [2.24, 2.45) is 0 Å². The van der Waals surface area contributed by atoms with E-state index in [-0.39, 0.29) is 17.7 Å². The van der Waals surface area contributed by atoms with E-state index < -0.39 is 0 Å². The third-order valence-electron chi connectivity index (χ3n) is 2.49. The van der Waals surface area contributed by atoms with Crippen LogP contribution in [-0.2, 0) is 0 Å². The van der Waals surface area contributed by atoms with Crippen molar-refractivity contribution >= 4 is 5.95 Å². The fourth-order valence-electron chi connectivity index (χ4n) is 1.52. The smallest absolute Gasteiger partial charge is 0.222 e. The maximum atomic E-state index is 13.4. The standard InChI is InChI=1S/C14H16FN3O/c1-10-7-16-14(17-8-10)18-9-11(2)19-13-6-4-3-5-12(13)15/h3-8,11H,9H2,1-2H3,(H,16,17,18). The van der Waals surface area contributed by atoms with Gasteiger partial charge in [0.15, 0.2) is 11.6 Å². The van der Waals surface area contributed by atoms with E-state index in [2.05, 4.69) is 15.3 Å². The average molecular weight is 261 g/mol. The number of aryl methyl sites for hydroxylation is 1. The van der Waals surface area contributed by atoms with Crippen LogP contribution in [0.5, 0.6) is 5.75 Å². The van der Waals surface area contributed by atoms with Gasteiger partial charge in [-0.05, 0) is 31.5 Å². The Morgan fingerprint density at radius 2 is 1.95 bits per heavy atom. The first-order chi connectivity index (χ1) is 9.15. The maximum absolute atomic E-state index is 13.4. The zero-order chi connectivity index (χ0) is 13.7. The van der Waals surface area contributed by atoms with Crippen LogP contribution in [0.2, 0.25) is 0 Å². The van der Waals surface area contributed by atoms with Crippen molar-refractivity contribution in [1.82, 2.24) is 9.97 Å². The molecule has 2 rings (SSSR count). The number of nitrogens with zero attached hydrogens (tertiary/aromatic N) is 2. The summed E-state index contributed by atoms with van der Waals surface area (Å²) in [6.45, 7) is 4.28. The Labute approximate surface area is 111 Å². The van der Waals surface area contributed by atoms with Crippen LogP contribution < -0.4 is 10.1 Å². The molecular formula is C14H16FN3O. The predicted molar refractivity (Wildman–Crippen MR) is 71.7 cm³/mol. The SMILES string of the molecule is Cc1cnc(NCC(C)Oc2ccccc2F)nc1. The molecule has 1 unspecified atom stereocenters. The molecule has 19 heavy (non-hydrogen) atoms. The van der Waals surface area contributed by atoms with Crippen molar-refractivity contribution in [3.63, 3.8) is 0 Å². The van der Waals surface area contributed by atoms with Crippen molar-refractivity contribution in [2.75, 3.05) is 11.9 Å². The zero-order valence-corrected chi connectivity index (χ0v) is 10.9. The first-order valence-electron chi connectivity index (χ1n) is 6.09. The summed E-state index contributed by atoms with van der Waals surface area (Å²) in [5, 5.41) is 3.04. The first kappa shape index (κ1) is 13.3. The Bertz CT molecular complexity index is 530. The maximum Gasteiger partial charge on any atom is 0.222 e. The van der Waals surface area contributed by atoms with Crippen LogP contribution in [0.3, 0.4) is 0 Å². The number of anilines is 1. The molecule has 4 nitrogen and oxygen atoms in total. The lowest BCUT2D eigenvalue weighted by Crippen LogP contribution is -2.23. The third kappa shape index (κ3) is 3.91. The van der Waals surface area contributed by atoms with Gasteiger partial charge in [0, 0.05) is 12.4 Å². The number of rotatable bonds is 5. The molecule has 0 aliphatic heterocycles. The van der Waals surface area contributed by atoms with E-state index in [4.69, 9.17) is 4.74 Å². The second-order valence-electron chi connectivity index (χ2n) is 4.32. The minimum atomic E-state index is -0.360. The molecule has 0 saturated heterocycles. The van der Waals surface area contributed by atoms with Gasteiger partial charge in [0.1, 0.15) is 6.10 Å². The summed E-state index contributed by atoms with van der Waals surface area (Å²) in [7, 11) is 0. The lowest BCUT2D eigenvalue weighted by Gasteiger charge is -2.15. The molecule has 1 heterocycles. The fourth-order valence-corrected chi connectivity index (χ4v) is 1.52. The predicted octanol–water partition coefficient (Wildman–Crippen LogP) is 2.80. The van der Waals surface area contributed by atoms with Gasteiger partial charge in [-0.2, -0.15) is 0 Å². The Morgan fingerprint density at radius 1 is 1.26 bits per heavy atom. The molecule has 1 aromatic heterocycles. The normalized spacial score (nSPS) is 11.9. The topological polar surface area (TPSA) is 47.0 Å². The molecule has 0 aliphatic carbocycles. The van der Waals surface area contributed by atoms with Crippen molar-refractivity contribution < 1.29 is 9.13 Å². The highest BCUT2D eigenvalue weighted by molar-refractivity contribution is 5.26. The van der Waals surface area contributed by atoms with E-state index in [1.54, 1.807) is 30.6 Å². The molecule has 0 radical (unpaired) electrons. The summed E-state index contributed by atoms with van der Waals surface area (Å²) < 4.78 is 18.9. The lowest BCUT2D eigenvalue weighted by atomic mass is 10.3. The number of ether oxygens (including phenoxy) is 1. The van der Waals surface area contributed by atoms with Gasteiger partial charge in [0.05, 0.1) is 6.54 Å². The van der Waals surface area contributed by atoms with Crippen LogP contribution >= 0.6 is 0 Å². The minimum Gasteiger partial charge on any atom is -0.486 e. The Morgan fingerprint density at radius 3 is 2.63 bits per heavy atom. The van der Waals surface area contributed by atoms with Gasteiger partial charge in [-0.3, -0.25) is 0 Å². The molecule has 1 N–H and O–H groups in total. The van der Waals surface area contributed by atoms with E-state index in [0.29, 0.717) is 12.5 Å². The Balaban J connectivity index is 1.86. The molecule has 0 spiro atoms. The second kappa shape index (κ2) is 6.13. The molecule has 100 valence electrons.